The van der Waals surface area contributed by atoms with E-state index in [1.807, 2.05) is 13.0 Å². The average molecular weight is 329 g/mol. The molecule has 0 atom stereocenters. The number of phenols is 1. The van der Waals surface area contributed by atoms with Crippen molar-refractivity contribution >= 4 is 17.8 Å². The van der Waals surface area contributed by atoms with Crippen molar-refractivity contribution in [1.29, 1.82) is 0 Å². The molecule has 0 saturated carbocycles. The highest BCUT2D eigenvalue weighted by molar-refractivity contribution is 5.95. The van der Waals surface area contributed by atoms with Gasteiger partial charge in [-0.05, 0) is 25.1 Å². The van der Waals surface area contributed by atoms with Crippen molar-refractivity contribution < 1.29 is 19.6 Å². The van der Waals surface area contributed by atoms with Crippen molar-refractivity contribution in [2.75, 3.05) is 7.11 Å². The Kier molecular flexibility index (Phi) is 5.10. The summed E-state index contributed by atoms with van der Waals surface area (Å²) >= 11 is 0. The zero-order chi connectivity index (χ0) is 17.7. The molecule has 1 amide bonds. The van der Waals surface area contributed by atoms with Gasteiger partial charge in [-0.2, -0.15) is 5.10 Å². The van der Waals surface area contributed by atoms with Gasteiger partial charge in [0.05, 0.1) is 24.3 Å². The van der Waals surface area contributed by atoms with E-state index in [-0.39, 0.29) is 11.3 Å². The molecular weight excluding hydrogens is 314 g/mol. The summed E-state index contributed by atoms with van der Waals surface area (Å²) in [5.74, 6) is -0.813. The molecule has 0 bridgehead atoms. The molecule has 0 radical (unpaired) electrons. The second-order valence-electron chi connectivity index (χ2n) is 4.91. The number of aromatic hydroxyl groups is 1. The fraction of sp³-hybridized carbons (Fsp3) is 0.125. The number of hydrogen-bond donors (Lipinski definition) is 2. The molecule has 0 heterocycles. The first kappa shape index (κ1) is 16.9. The van der Waals surface area contributed by atoms with Crippen LogP contribution in [0.15, 0.2) is 41.5 Å². The van der Waals surface area contributed by atoms with E-state index in [1.165, 1.54) is 13.2 Å². The highest BCUT2D eigenvalue weighted by Crippen LogP contribution is 2.33. The number of nitrogens with one attached hydrogen (secondary N) is 1. The van der Waals surface area contributed by atoms with Gasteiger partial charge in [0.1, 0.15) is 5.75 Å². The Balaban J connectivity index is 2.21. The third-order valence-electron chi connectivity index (χ3n) is 3.18. The van der Waals surface area contributed by atoms with Crippen LogP contribution in [0.1, 0.15) is 21.5 Å². The smallest absolute Gasteiger partial charge is 0.315 e. The summed E-state index contributed by atoms with van der Waals surface area (Å²) in [7, 11) is 1.34. The van der Waals surface area contributed by atoms with E-state index in [2.05, 4.69) is 10.5 Å². The zero-order valence-electron chi connectivity index (χ0n) is 13.0. The van der Waals surface area contributed by atoms with Crippen LogP contribution >= 0.6 is 0 Å². The Hall–Kier alpha value is -3.42. The fourth-order valence-electron chi connectivity index (χ4n) is 1.98. The Labute approximate surface area is 137 Å². The summed E-state index contributed by atoms with van der Waals surface area (Å²) in [6, 6.07) is 9.38. The Bertz CT molecular complexity index is 817. The molecule has 0 aliphatic heterocycles. The number of methoxy groups -OCH3 is 1. The second kappa shape index (κ2) is 7.23. The number of amides is 1. The van der Waals surface area contributed by atoms with Gasteiger partial charge in [-0.25, -0.2) is 5.43 Å². The first-order valence-corrected chi connectivity index (χ1v) is 6.88. The first-order chi connectivity index (χ1) is 11.4. The summed E-state index contributed by atoms with van der Waals surface area (Å²) in [6.07, 6.45) is 1.11. The van der Waals surface area contributed by atoms with Gasteiger partial charge in [0.15, 0.2) is 0 Å². The molecule has 0 saturated heterocycles. The lowest BCUT2D eigenvalue weighted by Gasteiger charge is -2.05. The van der Waals surface area contributed by atoms with Gasteiger partial charge < -0.3 is 9.84 Å². The Morgan fingerprint density at radius 3 is 2.75 bits per heavy atom. The highest BCUT2D eigenvalue weighted by Gasteiger charge is 2.18. The molecule has 24 heavy (non-hydrogen) atoms. The fourth-order valence-corrected chi connectivity index (χ4v) is 1.98. The zero-order valence-corrected chi connectivity index (χ0v) is 13.0. The maximum atomic E-state index is 12.0. The van der Waals surface area contributed by atoms with Crippen LogP contribution in [-0.2, 0) is 0 Å². The van der Waals surface area contributed by atoms with Crippen LogP contribution in [0.3, 0.4) is 0 Å². The minimum atomic E-state index is -0.736. The van der Waals surface area contributed by atoms with Crippen LogP contribution in [0.4, 0.5) is 5.69 Å². The maximum Gasteiger partial charge on any atom is 0.315 e. The normalized spacial score (nSPS) is 10.6. The van der Waals surface area contributed by atoms with Crippen LogP contribution in [0, 0.1) is 17.0 Å². The molecule has 124 valence electrons. The molecule has 2 aromatic carbocycles. The van der Waals surface area contributed by atoms with Crippen LogP contribution < -0.4 is 10.2 Å². The van der Waals surface area contributed by atoms with E-state index < -0.39 is 22.3 Å². The molecule has 8 nitrogen and oxygen atoms in total. The molecule has 0 spiro atoms. The van der Waals surface area contributed by atoms with Crippen LogP contribution in [0.2, 0.25) is 0 Å². The van der Waals surface area contributed by atoms with E-state index in [0.717, 1.165) is 17.8 Å². The number of carbonyl (C=O) groups is 1. The molecule has 0 unspecified atom stereocenters. The number of carbonyl (C=O) groups excluding carboxylic acids is 1. The Morgan fingerprint density at radius 1 is 1.38 bits per heavy atom. The number of hydrazone groups is 1. The lowest BCUT2D eigenvalue weighted by molar-refractivity contribution is -0.385. The van der Waals surface area contributed by atoms with Gasteiger partial charge in [0.25, 0.3) is 5.91 Å². The monoisotopic (exact) mass is 329 g/mol. The van der Waals surface area contributed by atoms with Gasteiger partial charge in [0, 0.05) is 11.1 Å². The van der Waals surface area contributed by atoms with Crippen molar-refractivity contribution in [2.45, 2.75) is 6.92 Å². The number of benzene rings is 2. The van der Waals surface area contributed by atoms with Crippen molar-refractivity contribution in [3.63, 3.8) is 0 Å². The third kappa shape index (κ3) is 3.86. The minimum absolute atomic E-state index is 0.0468. The largest absolute Gasteiger partial charge is 0.502 e. The molecule has 0 aromatic heterocycles. The van der Waals surface area contributed by atoms with Gasteiger partial charge in [-0.15, -0.1) is 0 Å². The number of hydrogen-bond acceptors (Lipinski definition) is 6. The van der Waals surface area contributed by atoms with Gasteiger partial charge in [0.2, 0.25) is 5.75 Å². The predicted octanol–water partition coefficient (Wildman–Crippen LogP) is 2.38. The predicted molar refractivity (Wildman–Crippen MR) is 87.6 cm³/mol. The number of aryl methyl sites for hydroxylation is 1. The SMILES string of the molecule is COc1cc(/C=N/NC(=O)c2cccc(C)c2)c(O)c([N+](=O)[O-])c1. The first-order valence-electron chi connectivity index (χ1n) is 6.88. The third-order valence-corrected chi connectivity index (χ3v) is 3.18. The maximum absolute atomic E-state index is 12.0. The lowest BCUT2D eigenvalue weighted by atomic mass is 10.1. The van der Waals surface area contributed by atoms with Gasteiger partial charge >= 0.3 is 5.69 Å². The number of ether oxygens (including phenoxy) is 1. The van der Waals surface area contributed by atoms with Crippen LogP contribution in [0.25, 0.3) is 0 Å². The summed E-state index contributed by atoms with van der Waals surface area (Å²) < 4.78 is 4.95. The van der Waals surface area contributed by atoms with E-state index in [1.54, 1.807) is 18.2 Å². The number of nitro groups is 1. The number of nitrogens with zero attached hydrogens (tertiary/aromatic N) is 2. The van der Waals surface area contributed by atoms with E-state index >= 15 is 0 Å². The quantitative estimate of drug-likeness (QED) is 0.496. The highest BCUT2D eigenvalue weighted by atomic mass is 16.6. The molecule has 2 rings (SSSR count). The summed E-state index contributed by atoms with van der Waals surface area (Å²) in [5, 5.41) is 24.5. The van der Waals surface area contributed by atoms with Crippen molar-refractivity contribution in [2.24, 2.45) is 5.10 Å². The molecular formula is C16H15N3O5. The van der Waals surface area contributed by atoms with E-state index in [9.17, 15) is 20.0 Å². The average Bonchev–Trinajstić information content (AvgIpc) is 2.55. The molecule has 0 fully saturated rings. The van der Waals surface area contributed by atoms with E-state index in [0.29, 0.717) is 5.56 Å². The number of phenolic OH excluding ortho intramolecular Hbond substituents is 1. The summed E-state index contributed by atoms with van der Waals surface area (Å²) in [5.41, 5.74) is 3.18. The molecule has 0 aliphatic rings. The summed E-state index contributed by atoms with van der Waals surface area (Å²) in [4.78, 5) is 22.1. The number of nitro benzene ring substituents is 1. The van der Waals surface area contributed by atoms with Crippen molar-refractivity contribution in [1.82, 2.24) is 5.43 Å². The van der Waals surface area contributed by atoms with Crippen molar-refractivity contribution in [3.05, 3.63) is 63.2 Å². The van der Waals surface area contributed by atoms with Gasteiger partial charge in [-0.3, -0.25) is 14.9 Å². The second-order valence-corrected chi connectivity index (χ2v) is 4.91. The molecule has 8 heteroatoms. The minimum Gasteiger partial charge on any atom is -0.502 e. The number of rotatable bonds is 5. The van der Waals surface area contributed by atoms with Crippen LogP contribution in [0.5, 0.6) is 11.5 Å². The van der Waals surface area contributed by atoms with Gasteiger partial charge in [-0.1, -0.05) is 17.7 Å². The lowest BCUT2D eigenvalue weighted by Crippen LogP contribution is -2.17. The van der Waals surface area contributed by atoms with E-state index in [4.69, 9.17) is 4.74 Å². The van der Waals surface area contributed by atoms with Crippen molar-refractivity contribution in [3.8, 4) is 11.5 Å². The summed E-state index contributed by atoms with van der Waals surface area (Å²) in [6.45, 7) is 1.85. The van der Waals surface area contributed by atoms with Crippen LogP contribution in [-0.4, -0.2) is 29.3 Å². The standard InChI is InChI=1S/C16H15N3O5/c1-10-4-3-5-11(6-10)16(21)18-17-9-12-7-13(24-2)8-14(15(12)20)19(22)23/h3-9,20H,1-2H3,(H,18,21)/b17-9+. The topological polar surface area (TPSA) is 114 Å². The molecule has 0 aliphatic carbocycles. The molecule has 2 aromatic rings. The molecule has 2 N–H and O–H groups in total. The Morgan fingerprint density at radius 2 is 2.12 bits per heavy atom.